The average Bonchev–Trinajstić information content (AvgIpc) is 2.84. The smallest absolute Gasteiger partial charge is 0.343 e. The van der Waals surface area contributed by atoms with Crippen molar-refractivity contribution in [2.45, 2.75) is 84.5 Å². The van der Waals surface area contributed by atoms with Crippen LogP contribution in [-0.4, -0.2) is 12.6 Å². The fraction of sp³-hybridized carbons (Fsp3) is 0.552. The number of hydrogen-bond acceptors (Lipinski definition) is 3. The van der Waals surface area contributed by atoms with E-state index in [2.05, 4.69) is 6.92 Å². The minimum Gasteiger partial charge on any atom is -0.494 e. The van der Waals surface area contributed by atoms with Gasteiger partial charge < -0.3 is 9.47 Å². The standard InChI is InChI=1S/C29H39FO3/c1-3-5-6-8-23-10-12-24(13-11-23)9-7-20-32-26-17-15-25(16-18-26)29(31)33-28-19-14-22(4-2)21-27(28)30/h14-19,21,23-24H,3-13,20H2,1-2H3/t23-,24-. The fourth-order valence-corrected chi connectivity index (χ4v) is 4.75. The SMILES string of the molecule is CCCCC[C@H]1CC[C@H](CCCOc2ccc(C(=O)Oc3ccc(CC)cc3F)cc2)CC1. The van der Waals surface area contributed by atoms with E-state index >= 15 is 0 Å². The topological polar surface area (TPSA) is 35.5 Å². The highest BCUT2D eigenvalue weighted by Gasteiger charge is 2.20. The molecule has 1 aliphatic carbocycles. The number of aryl methyl sites for hydroxylation is 1. The number of ether oxygens (including phenoxy) is 2. The molecule has 1 aliphatic rings. The van der Waals surface area contributed by atoms with Crippen LogP contribution in [0.4, 0.5) is 4.39 Å². The third kappa shape index (κ3) is 8.17. The number of hydrogen-bond donors (Lipinski definition) is 0. The Labute approximate surface area is 198 Å². The molecule has 0 aromatic heterocycles. The van der Waals surface area contributed by atoms with E-state index in [4.69, 9.17) is 9.47 Å². The van der Waals surface area contributed by atoms with Crippen LogP contribution in [0.2, 0.25) is 0 Å². The normalized spacial score (nSPS) is 18.2. The maximum Gasteiger partial charge on any atom is 0.343 e. The summed E-state index contributed by atoms with van der Waals surface area (Å²) in [5.74, 6) is 1.40. The van der Waals surface area contributed by atoms with E-state index < -0.39 is 11.8 Å². The van der Waals surface area contributed by atoms with Gasteiger partial charge >= 0.3 is 5.97 Å². The summed E-state index contributed by atoms with van der Waals surface area (Å²) in [6.45, 7) is 4.91. The molecule has 0 atom stereocenters. The zero-order valence-corrected chi connectivity index (χ0v) is 20.3. The van der Waals surface area contributed by atoms with Crippen molar-refractivity contribution in [3.05, 3.63) is 59.4 Å². The van der Waals surface area contributed by atoms with Crippen LogP contribution >= 0.6 is 0 Å². The van der Waals surface area contributed by atoms with Crippen molar-refractivity contribution < 1.29 is 18.7 Å². The van der Waals surface area contributed by atoms with Crippen molar-refractivity contribution in [3.63, 3.8) is 0 Å². The molecule has 0 unspecified atom stereocenters. The Hall–Kier alpha value is -2.36. The third-order valence-electron chi connectivity index (χ3n) is 6.90. The highest BCUT2D eigenvalue weighted by molar-refractivity contribution is 5.91. The Morgan fingerprint density at radius 2 is 1.58 bits per heavy atom. The lowest BCUT2D eigenvalue weighted by Gasteiger charge is -2.28. The van der Waals surface area contributed by atoms with Gasteiger partial charge in [0.15, 0.2) is 11.6 Å². The van der Waals surface area contributed by atoms with Gasteiger partial charge in [-0.05, 0) is 73.1 Å². The number of carbonyl (C=O) groups is 1. The number of carbonyl (C=O) groups excluding carboxylic acids is 1. The van der Waals surface area contributed by atoms with E-state index in [0.717, 1.165) is 36.0 Å². The first-order chi connectivity index (χ1) is 16.1. The Kier molecular flexibility index (Phi) is 10.2. The minimum absolute atomic E-state index is 0.0486. The van der Waals surface area contributed by atoms with Crippen molar-refractivity contribution in [1.29, 1.82) is 0 Å². The molecule has 180 valence electrons. The van der Waals surface area contributed by atoms with Crippen LogP contribution < -0.4 is 9.47 Å². The van der Waals surface area contributed by atoms with Gasteiger partial charge in [0.05, 0.1) is 12.2 Å². The van der Waals surface area contributed by atoms with Gasteiger partial charge in [0.2, 0.25) is 0 Å². The first kappa shape index (κ1) is 25.3. The summed E-state index contributed by atoms with van der Waals surface area (Å²) in [5, 5.41) is 0. The molecule has 4 heteroatoms. The van der Waals surface area contributed by atoms with Gasteiger partial charge in [0.1, 0.15) is 5.75 Å². The number of rotatable bonds is 12. The molecule has 1 fully saturated rings. The van der Waals surface area contributed by atoms with Crippen LogP contribution in [0.15, 0.2) is 42.5 Å². The Balaban J connectivity index is 1.35. The van der Waals surface area contributed by atoms with Crippen molar-refractivity contribution in [2.75, 3.05) is 6.61 Å². The van der Waals surface area contributed by atoms with Crippen LogP contribution in [0.1, 0.15) is 94.0 Å². The van der Waals surface area contributed by atoms with E-state index in [1.54, 1.807) is 30.3 Å². The average molecular weight is 455 g/mol. The summed E-state index contributed by atoms with van der Waals surface area (Å²) in [7, 11) is 0. The second kappa shape index (κ2) is 13.4. The molecular formula is C29H39FO3. The van der Waals surface area contributed by atoms with E-state index in [9.17, 15) is 9.18 Å². The van der Waals surface area contributed by atoms with Gasteiger partial charge in [-0.25, -0.2) is 9.18 Å². The second-order valence-corrected chi connectivity index (χ2v) is 9.41. The molecular weight excluding hydrogens is 415 g/mol. The van der Waals surface area contributed by atoms with Gasteiger partial charge in [0, 0.05) is 0 Å². The largest absolute Gasteiger partial charge is 0.494 e. The van der Waals surface area contributed by atoms with Crippen LogP contribution in [0.3, 0.4) is 0 Å². The molecule has 0 bridgehead atoms. The Morgan fingerprint density at radius 1 is 0.909 bits per heavy atom. The summed E-state index contributed by atoms with van der Waals surface area (Å²) >= 11 is 0. The maximum absolute atomic E-state index is 14.1. The molecule has 33 heavy (non-hydrogen) atoms. The molecule has 3 rings (SSSR count). The third-order valence-corrected chi connectivity index (χ3v) is 6.90. The van der Waals surface area contributed by atoms with Crippen LogP contribution in [0.5, 0.6) is 11.5 Å². The summed E-state index contributed by atoms with van der Waals surface area (Å²) in [6, 6.07) is 11.5. The predicted molar refractivity (Wildman–Crippen MR) is 131 cm³/mol. The number of halogens is 1. The monoisotopic (exact) mass is 454 g/mol. The molecule has 0 heterocycles. The molecule has 0 aliphatic heterocycles. The van der Waals surface area contributed by atoms with Crippen LogP contribution in [0, 0.1) is 17.7 Å². The lowest BCUT2D eigenvalue weighted by molar-refractivity contribution is 0.0727. The van der Waals surface area contributed by atoms with Crippen molar-refractivity contribution >= 4 is 5.97 Å². The fourth-order valence-electron chi connectivity index (χ4n) is 4.75. The summed E-state index contributed by atoms with van der Waals surface area (Å²) in [5.41, 5.74) is 1.24. The molecule has 0 radical (unpaired) electrons. The quantitative estimate of drug-likeness (QED) is 0.184. The minimum atomic E-state index is -0.574. The molecule has 0 saturated heterocycles. The van der Waals surface area contributed by atoms with Crippen molar-refractivity contribution in [3.8, 4) is 11.5 Å². The summed E-state index contributed by atoms with van der Waals surface area (Å²) in [4.78, 5) is 12.3. The predicted octanol–water partition coefficient (Wildman–Crippen LogP) is 8.15. The van der Waals surface area contributed by atoms with Crippen molar-refractivity contribution in [1.82, 2.24) is 0 Å². The first-order valence-corrected chi connectivity index (χ1v) is 12.8. The zero-order valence-electron chi connectivity index (χ0n) is 20.3. The first-order valence-electron chi connectivity index (χ1n) is 12.8. The number of esters is 1. The molecule has 3 nitrogen and oxygen atoms in total. The number of benzene rings is 2. The zero-order chi connectivity index (χ0) is 23.5. The maximum atomic E-state index is 14.1. The molecule has 2 aromatic rings. The lowest BCUT2D eigenvalue weighted by Crippen LogP contribution is -2.15. The Morgan fingerprint density at radius 3 is 2.18 bits per heavy atom. The second-order valence-electron chi connectivity index (χ2n) is 9.41. The van der Waals surface area contributed by atoms with Crippen molar-refractivity contribution in [2.24, 2.45) is 11.8 Å². The van der Waals surface area contributed by atoms with Gasteiger partial charge in [-0.15, -0.1) is 0 Å². The molecule has 0 amide bonds. The van der Waals surface area contributed by atoms with Gasteiger partial charge in [-0.3, -0.25) is 0 Å². The van der Waals surface area contributed by atoms with Crippen LogP contribution in [-0.2, 0) is 6.42 Å². The van der Waals surface area contributed by atoms with E-state index in [1.807, 2.05) is 6.92 Å². The van der Waals surface area contributed by atoms with Crippen LogP contribution in [0.25, 0.3) is 0 Å². The molecule has 1 saturated carbocycles. The molecule has 0 spiro atoms. The molecule has 2 aromatic carbocycles. The molecule has 0 N–H and O–H groups in total. The van der Waals surface area contributed by atoms with Gasteiger partial charge in [-0.2, -0.15) is 0 Å². The number of unbranched alkanes of at least 4 members (excludes halogenated alkanes) is 2. The summed E-state index contributed by atoms with van der Waals surface area (Å²) in [6.07, 6.45) is 14.1. The highest BCUT2D eigenvalue weighted by atomic mass is 19.1. The van der Waals surface area contributed by atoms with E-state index in [-0.39, 0.29) is 5.75 Å². The van der Waals surface area contributed by atoms with Gasteiger partial charge in [-0.1, -0.05) is 71.3 Å². The summed E-state index contributed by atoms with van der Waals surface area (Å²) < 4.78 is 25.2. The van der Waals surface area contributed by atoms with E-state index in [0.29, 0.717) is 12.2 Å². The lowest BCUT2D eigenvalue weighted by atomic mass is 9.78. The van der Waals surface area contributed by atoms with E-state index in [1.165, 1.54) is 69.9 Å². The Bertz CT molecular complexity index is 854. The van der Waals surface area contributed by atoms with Gasteiger partial charge in [0.25, 0.3) is 0 Å². The highest BCUT2D eigenvalue weighted by Crippen LogP contribution is 2.34.